The van der Waals surface area contributed by atoms with Crippen LogP contribution in [0.4, 0.5) is 0 Å². The van der Waals surface area contributed by atoms with Gasteiger partial charge in [0.1, 0.15) is 0 Å². The summed E-state index contributed by atoms with van der Waals surface area (Å²) in [5.74, 6) is -0.205. The van der Waals surface area contributed by atoms with Crippen LogP contribution in [0, 0.1) is 0 Å². The van der Waals surface area contributed by atoms with E-state index in [1.807, 2.05) is 66.4 Å². The largest absolute Gasteiger partial charge is 0.330 e. The number of sulfonamides is 1. The van der Waals surface area contributed by atoms with E-state index < -0.39 is 10.0 Å². The van der Waals surface area contributed by atoms with E-state index in [4.69, 9.17) is 11.6 Å². The maximum atomic E-state index is 13.8. The van der Waals surface area contributed by atoms with Gasteiger partial charge in [0.25, 0.3) is 0 Å². The average molecular weight is 539 g/mol. The molecule has 0 saturated carbocycles. The third-order valence-electron chi connectivity index (χ3n) is 6.62. The summed E-state index contributed by atoms with van der Waals surface area (Å²) in [7, 11) is -3.89. The van der Waals surface area contributed by atoms with Crippen LogP contribution in [-0.2, 0) is 21.2 Å². The molecule has 1 amide bonds. The molecule has 1 atom stereocenters. The van der Waals surface area contributed by atoms with Crippen molar-refractivity contribution >= 4 is 49.6 Å². The number of fused-ring (bicyclic) bond motifs is 2. The van der Waals surface area contributed by atoms with Crippen LogP contribution >= 0.6 is 22.9 Å². The van der Waals surface area contributed by atoms with Crippen molar-refractivity contribution in [2.24, 2.45) is 0 Å². The van der Waals surface area contributed by atoms with Crippen molar-refractivity contribution in [2.75, 3.05) is 19.6 Å². The second-order valence-electron chi connectivity index (χ2n) is 8.91. The molecule has 0 spiro atoms. The second-order valence-corrected chi connectivity index (χ2v) is 12.2. The first kappa shape index (κ1) is 25.0. The Balaban J connectivity index is 1.49. The van der Waals surface area contributed by atoms with E-state index in [-0.39, 0.29) is 29.9 Å². The predicted octanol–water partition coefficient (Wildman–Crippen LogP) is 6.13. The summed E-state index contributed by atoms with van der Waals surface area (Å²) >= 11 is 7.83. The third kappa shape index (κ3) is 4.68. The smallest absolute Gasteiger partial charge is 0.244 e. The normalized spacial score (nSPS) is 15.9. The number of halogens is 1. The number of amides is 1. The average Bonchev–Trinajstić information content (AvgIpc) is 3.37. The molecule has 0 radical (unpaired) electrons. The van der Waals surface area contributed by atoms with Gasteiger partial charge < -0.3 is 4.90 Å². The summed E-state index contributed by atoms with van der Waals surface area (Å²) in [5, 5.41) is 4.20. The molecular weight excluding hydrogens is 512 g/mol. The summed E-state index contributed by atoms with van der Waals surface area (Å²) in [6, 6.07) is 22.0. The van der Waals surface area contributed by atoms with Gasteiger partial charge in [0.05, 0.1) is 17.5 Å². The molecule has 3 aromatic carbocycles. The highest BCUT2D eigenvalue weighted by Gasteiger charge is 2.35. The molecule has 36 heavy (non-hydrogen) atoms. The molecule has 5 rings (SSSR count). The summed E-state index contributed by atoms with van der Waals surface area (Å²) in [6.07, 6.45) is 1.36. The van der Waals surface area contributed by atoms with Crippen molar-refractivity contribution in [1.29, 1.82) is 0 Å². The van der Waals surface area contributed by atoms with E-state index in [2.05, 4.69) is 11.4 Å². The quantitative estimate of drug-likeness (QED) is 0.284. The first-order valence-corrected chi connectivity index (χ1v) is 14.7. The molecule has 1 aliphatic rings. The first-order chi connectivity index (χ1) is 17.4. The lowest BCUT2D eigenvalue weighted by Gasteiger charge is -2.37. The number of rotatable bonds is 7. The molecular formula is C28H27ClN2O3S2. The van der Waals surface area contributed by atoms with Gasteiger partial charge in [-0.1, -0.05) is 67.1 Å². The number of benzene rings is 3. The van der Waals surface area contributed by atoms with E-state index in [1.165, 1.54) is 9.18 Å². The minimum absolute atomic E-state index is 0.205. The van der Waals surface area contributed by atoms with E-state index in [9.17, 15) is 13.2 Å². The topological polar surface area (TPSA) is 57.7 Å². The number of hydrogen-bond donors (Lipinski definition) is 0. The van der Waals surface area contributed by atoms with Crippen LogP contribution in [0.15, 0.2) is 83.1 Å². The lowest BCUT2D eigenvalue weighted by molar-refractivity contribution is -0.133. The molecule has 0 fully saturated rings. The van der Waals surface area contributed by atoms with Crippen LogP contribution < -0.4 is 0 Å². The van der Waals surface area contributed by atoms with E-state index >= 15 is 0 Å². The number of hydrogen-bond acceptors (Lipinski definition) is 4. The Bertz CT molecular complexity index is 1490. The molecule has 4 aromatic rings. The fourth-order valence-corrected chi connectivity index (χ4v) is 7.65. The van der Waals surface area contributed by atoms with Crippen LogP contribution in [0.25, 0.3) is 10.8 Å². The second kappa shape index (κ2) is 10.3. The highest BCUT2D eigenvalue weighted by atomic mass is 35.5. The summed E-state index contributed by atoms with van der Waals surface area (Å²) in [4.78, 5) is 17.1. The Kier molecular flexibility index (Phi) is 7.17. The zero-order valence-corrected chi connectivity index (χ0v) is 22.3. The van der Waals surface area contributed by atoms with Crippen molar-refractivity contribution in [3.05, 3.63) is 99.2 Å². The Hall–Kier alpha value is -2.71. The van der Waals surface area contributed by atoms with Gasteiger partial charge in [0.2, 0.25) is 15.9 Å². The fourth-order valence-electron chi connectivity index (χ4n) is 4.92. The molecule has 0 bridgehead atoms. The number of carbonyl (C=O) groups is 1. The van der Waals surface area contributed by atoms with Crippen molar-refractivity contribution in [3.8, 4) is 0 Å². The molecule has 5 nitrogen and oxygen atoms in total. The third-order valence-corrected chi connectivity index (χ3v) is 9.78. The van der Waals surface area contributed by atoms with E-state index in [1.54, 1.807) is 23.5 Å². The fraction of sp³-hybridized carbons (Fsp3) is 0.250. The number of carbonyl (C=O) groups excluding carboxylic acids is 1. The van der Waals surface area contributed by atoms with Crippen molar-refractivity contribution in [3.63, 3.8) is 0 Å². The van der Waals surface area contributed by atoms with Crippen LogP contribution in [0.1, 0.15) is 35.4 Å². The zero-order chi connectivity index (χ0) is 25.3. The SMILES string of the molecule is CCCN(CC(=O)N1CCc2sccc2C1c1ccc(Cl)cc1)S(=O)(=O)c1cccc2ccccc12. The predicted molar refractivity (Wildman–Crippen MR) is 146 cm³/mol. The maximum absolute atomic E-state index is 13.8. The number of nitrogens with zero attached hydrogens (tertiary/aromatic N) is 2. The van der Waals surface area contributed by atoms with E-state index in [0.29, 0.717) is 23.4 Å². The van der Waals surface area contributed by atoms with Crippen molar-refractivity contribution < 1.29 is 13.2 Å². The molecule has 8 heteroatoms. The highest BCUT2D eigenvalue weighted by molar-refractivity contribution is 7.89. The lowest BCUT2D eigenvalue weighted by atomic mass is 9.93. The van der Waals surface area contributed by atoms with Gasteiger partial charge in [-0.15, -0.1) is 11.3 Å². The minimum Gasteiger partial charge on any atom is -0.330 e. The molecule has 0 saturated heterocycles. The van der Waals surface area contributed by atoms with Crippen LogP contribution in [0.2, 0.25) is 5.02 Å². The molecule has 2 heterocycles. The maximum Gasteiger partial charge on any atom is 0.244 e. The van der Waals surface area contributed by atoms with Crippen LogP contribution in [0.3, 0.4) is 0 Å². The molecule has 0 aliphatic carbocycles. The van der Waals surface area contributed by atoms with Gasteiger partial charge in [-0.25, -0.2) is 8.42 Å². The summed E-state index contributed by atoms with van der Waals surface area (Å²) < 4.78 is 29.0. The van der Waals surface area contributed by atoms with Gasteiger partial charge in [-0.05, 0) is 59.0 Å². The standard InChI is InChI=1S/C28H27ClN2O3S2/c1-2-16-30(36(33,34)26-9-5-7-20-6-3-4-8-23(20)26)19-27(32)31-17-14-25-24(15-18-35-25)28(31)21-10-12-22(29)13-11-21/h3-13,15,18,28H,2,14,16-17,19H2,1H3. The number of thiophene rings is 1. The highest BCUT2D eigenvalue weighted by Crippen LogP contribution is 2.38. The van der Waals surface area contributed by atoms with Gasteiger partial charge in [0.15, 0.2) is 0 Å². The lowest BCUT2D eigenvalue weighted by Crippen LogP contribution is -2.47. The Morgan fingerprint density at radius 3 is 2.58 bits per heavy atom. The Morgan fingerprint density at radius 2 is 1.81 bits per heavy atom. The van der Waals surface area contributed by atoms with Gasteiger partial charge >= 0.3 is 0 Å². The van der Waals surface area contributed by atoms with Gasteiger partial charge in [-0.2, -0.15) is 4.31 Å². The zero-order valence-electron chi connectivity index (χ0n) is 19.9. The van der Waals surface area contributed by atoms with Crippen molar-refractivity contribution in [1.82, 2.24) is 9.21 Å². The molecule has 1 aliphatic heterocycles. The molecule has 1 unspecified atom stereocenters. The molecule has 186 valence electrons. The first-order valence-electron chi connectivity index (χ1n) is 12.0. The minimum atomic E-state index is -3.89. The summed E-state index contributed by atoms with van der Waals surface area (Å²) in [6.45, 7) is 2.52. The van der Waals surface area contributed by atoms with Crippen LogP contribution in [0.5, 0.6) is 0 Å². The van der Waals surface area contributed by atoms with Crippen LogP contribution in [-0.4, -0.2) is 43.2 Å². The van der Waals surface area contributed by atoms with Crippen molar-refractivity contribution in [2.45, 2.75) is 30.7 Å². The van der Waals surface area contributed by atoms with E-state index in [0.717, 1.165) is 22.9 Å². The van der Waals surface area contributed by atoms with Gasteiger partial charge in [0, 0.05) is 28.4 Å². The van der Waals surface area contributed by atoms with Gasteiger partial charge in [-0.3, -0.25) is 4.79 Å². The molecule has 1 aromatic heterocycles. The Labute approximate surface area is 221 Å². The monoisotopic (exact) mass is 538 g/mol. The molecule has 0 N–H and O–H groups in total. The Morgan fingerprint density at radius 1 is 1.06 bits per heavy atom. The summed E-state index contributed by atoms with van der Waals surface area (Å²) in [5.41, 5.74) is 2.06.